The fourth-order valence-electron chi connectivity index (χ4n) is 1.20. The summed E-state index contributed by atoms with van der Waals surface area (Å²) in [4.78, 5) is 0. The Hall–Kier alpha value is 0.684. The molecule has 12 heavy (non-hydrogen) atoms. The highest BCUT2D eigenvalue weighted by atomic mass is 35.6. The van der Waals surface area contributed by atoms with Crippen LogP contribution in [0.2, 0.25) is 6.04 Å². The van der Waals surface area contributed by atoms with Gasteiger partial charge in [-0.25, -0.2) is 0 Å². The molecule has 0 radical (unpaired) electrons. The van der Waals surface area contributed by atoms with Crippen LogP contribution in [0.15, 0.2) is 0 Å². The molecule has 0 spiro atoms. The van der Waals surface area contributed by atoms with Gasteiger partial charge < -0.3 is 4.12 Å². The first-order valence-electron chi connectivity index (χ1n) is 4.98. The van der Waals surface area contributed by atoms with Gasteiger partial charge in [-0.2, -0.15) is 0 Å². The molecular weight excluding hydrogens is 204 g/mol. The maximum absolute atomic E-state index is 5.96. The summed E-state index contributed by atoms with van der Waals surface area (Å²) >= 11 is 5.96. The van der Waals surface area contributed by atoms with Crippen molar-refractivity contribution in [2.24, 2.45) is 0 Å². The molecule has 1 unspecified atom stereocenters. The van der Waals surface area contributed by atoms with E-state index in [9.17, 15) is 0 Å². The third-order valence-corrected chi connectivity index (χ3v) is 7.21. The van der Waals surface area contributed by atoms with E-state index < -0.39 is 8.35 Å². The molecule has 0 N–H and O–H groups in total. The average molecular weight is 225 g/mol. The molecule has 0 saturated carbocycles. The third-order valence-electron chi connectivity index (χ3n) is 2.04. The third kappa shape index (κ3) is 8.78. The lowest BCUT2D eigenvalue weighted by atomic mass is 10.1. The first-order chi connectivity index (χ1) is 5.81. The molecule has 74 valence electrons. The zero-order chi connectivity index (χ0) is 9.23. The maximum Gasteiger partial charge on any atom is 0.263 e. The van der Waals surface area contributed by atoms with Gasteiger partial charge in [0.25, 0.3) is 8.35 Å². The molecule has 0 aromatic carbocycles. The molecule has 0 aromatic heterocycles. The van der Waals surface area contributed by atoms with E-state index in [-0.39, 0.29) is 0 Å². The Balaban J connectivity index is 2.90. The topological polar surface area (TPSA) is 9.23 Å². The second-order valence-corrected chi connectivity index (χ2v) is 7.95. The summed E-state index contributed by atoms with van der Waals surface area (Å²) in [5.41, 5.74) is 0. The summed E-state index contributed by atoms with van der Waals surface area (Å²) in [6, 6.07) is 1.16. The van der Waals surface area contributed by atoms with Gasteiger partial charge >= 0.3 is 0 Å². The highest BCUT2D eigenvalue weighted by molar-refractivity contribution is 7.04. The van der Waals surface area contributed by atoms with Crippen LogP contribution in [-0.4, -0.2) is 18.8 Å². The summed E-state index contributed by atoms with van der Waals surface area (Å²) in [7, 11) is -0.383. The maximum atomic E-state index is 5.96. The Labute approximate surface area is 85.8 Å². The van der Waals surface area contributed by atoms with Crippen molar-refractivity contribution in [3.63, 3.8) is 0 Å². The molecule has 0 aliphatic rings. The molecule has 1 nitrogen and oxygen atoms in total. The van der Waals surface area contributed by atoms with Gasteiger partial charge in [0, 0.05) is 0 Å². The summed E-state index contributed by atoms with van der Waals surface area (Å²) in [5.74, 6) is 0. The van der Waals surface area contributed by atoms with Crippen LogP contribution in [0.3, 0.4) is 0 Å². The summed E-state index contributed by atoms with van der Waals surface area (Å²) < 4.78 is 5.22. The SMILES string of the molecule is CCCCCCCC[SiH](Cl)O[SiH3]. The molecule has 0 heterocycles. The van der Waals surface area contributed by atoms with Gasteiger partial charge in [0.1, 0.15) is 10.5 Å². The number of hydrogen-bond acceptors (Lipinski definition) is 1. The van der Waals surface area contributed by atoms with E-state index in [1.54, 1.807) is 0 Å². The van der Waals surface area contributed by atoms with Crippen LogP contribution in [0.1, 0.15) is 45.4 Å². The fourth-order valence-corrected chi connectivity index (χ4v) is 3.22. The van der Waals surface area contributed by atoms with Crippen LogP contribution in [0.4, 0.5) is 0 Å². The first kappa shape index (κ1) is 12.7. The molecule has 0 amide bonds. The Morgan fingerprint density at radius 1 is 1.17 bits per heavy atom. The van der Waals surface area contributed by atoms with Crippen molar-refractivity contribution in [3.05, 3.63) is 0 Å². The number of rotatable bonds is 8. The largest absolute Gasteiger partial charge is 0.455 e. The predicted molar refractivity (Wildman–Crippen MR) is 62.2 cm³/mol. The van der Waals surface area contributed by atoms with Crippen molar-refractivity contribution >= 4 is 29.9 Å². The Kier molecular flexibility index (Phi) is 10.3. The highest BCUT2D eigenvalue weighted by Gasteiger charge is 2.02. The second kappa shape index (κ2) is 9.77. The van der Waals surface area contributed by atoms with Crippen molar-refractivity contribution in [2.45, 2.75) is 51.5 Å². The number of hydrogen-bond donors (Lipinski definition) is 0. The molecule has 0 aliphatic carbocycles. The highest BCUT2D eigenvalue weighted by Crippen LogP contribution is 2.10. The van der Waals surface area contributed by atoms with E-state index in [2.05, 4.69) is 6.92 Å². The average Bonchev–Trinajstić information content (AvgIpc) is 2.10. The standard InChI is InChI=1S/C8H21ClOSi2/c1-2-3-4-5-6-7-8-12(9)10-11/h12H,2-8H2,1,11H3. The van der Waals surface area contributed by atoms with E-state index in [0.717, 1.165) is 16.5 Å². The molecule has 0 fully saturated rings. The normalized spacial score (nSPS) is 13.5. The van der Waals surface area contributed by atoms with Crippen LogP contribution >= 0.6 is 11.1 Å². The van der Waals surface area contributed by atoms with Crippen molar-refractivity contribution in [1.29, 1.82) is 0 Å². The minimum absolute atomic E-state index is 0.823. The molecule has 0 aromatic rings. The first-order valence-corrected chi connectivity index (χ1v) is 8.83. The smallest absolute Gasteiger partial charge is 0.263 e. The van der Waals surface area contributed by atoms with Crippen LogP contribution in [0, 0.1) is 0 Å². The molecule has 0 saturated heterocycles. The van der Waals surface area contributed by atoms with Crippen molar-refractivity contribution < 1.29 is 4.12 Å². The number of unbranched alkanes of at least 4 members (excludes halogenated alkanes) is 5. The lowest BCUT2D eigenvalue weighted by molar-refractivity contribution is 0.604. The monoisotopic (exact) mass is 224 g/mol. The second-order valence-electron chi connectivity index (χ2n) is 3.20. The van der Waals surface area contributed by atoms with Crippen LogP contribution < -0.4 is 0 Å². The molecule has 4 heteroatoms. The van der Waals surface area contributed by atoms with E-state index in [0.29, 0.717) is 0 Å². The van der Waals surface area contributed by atoms with Crippen LogP contribution in [-0.2, 0) is 4.12 Å². The zero-order valence-electron chi connectivity index (χ0n) is 8.31. The van der Waals surface area contributed by atoms with Gasteiger partial charge in [0.2, 0.25) is 0 Å². The van der Waals surface area contributed by atoms with E-state index in [4.69, 9.17) is 15.2 Å². The fraction of sp³-hybridized carbons (Fsp3) is 1.00. The summed E-state index contributed by atoms with van der Waals surface area (Å²) in [5, 5.41) is 0. The minimum atomic E-state index is -1.21. The molecular formula is C8H21ClOSi2. The van der Waals surface area contributed by atoms with Gasteiger partial charge in [-0.05, 0) is 6.04 Å². The molecule has 1 atom stereocenters. The quantitative estimate of drug-likeness (QED) is 0.349. The number of halogens is 1. The van der Waals surface area contributed by atoms with E-state index in [1.807, 2.05) is 0 Å². The Bertz CT molecular complexity index is 93.1. The lowest BCUT2D eigenvalue weighted by Crippen LogP contribution is -2.06. The minimum Gasteiger partial charge on any atom is -0.455 e. The van der Waals surface area contributed by atoms with E-state index in [1.165, 1.54) is 38.5 Å². The van der Waals surface area contributed by atoms with Gasteiger partial charge in [0.05, 0.1) is 0 Å². The van der Waals surface area contributed by atoms with Crippen molar-refractivity contribution in [2.75, 3.05) is 0 Å². The van der Waals surface area contributed by atoms with Crippen molar-refractivity contribution in [1.82, 2.24) is 0 Å². The van der Waals surface area contributed by atoms with Gasteiger partial charge in [-0.1, -0.05) is 45.4 Å². The zero-order valence-corrected chi connectivity index (χ0v) is 12.2. The van der Waals surface area contributed by atoms with Crippen molar-refractivity contribution in [3.8, 4) is 0 Å². The summed E-state index contributed by atoms with van der Waals surface area (Å²) in [6.07, 6.45) is 8.13. The molecule has 0 bridgehead atoms. The lowest BCUT2D eigenvalue weighted by Gasteiger charge is -2.04. The Morgan fingerprint density at radius 2 is 1.75 bits per heavy atom. The molecule has 0 aliphatic heterocycles. The van der Waals surface area contributed by atoms with Gasteiger partial charge in [-0.3, -0.25) is 0 Å². The van der Waals surface area contributed by atoms with Crippen LogP contribution in [0.5, 0.6) is 0 Å². The van der Waals surface area contributed by atoms with Gasteiger partial charge in [-0.15, -0.1) is 11.1 Å². The van der Waals surface area contributed by atoms with Gasteiger partial charge in [0.15, 0.2) is 0 Å². The van der Waals surface area contributed by atoms with Crippen LogP contribution in [0.25, 0.3) is 0 Å². The summed E-state index contributed by atoms with van der Waals surface area (Å²) in [6.45, 7) is 2.25. The predicted octanol–water partition coefficient (Wildman–Crippen LogP) is 2.10. The Morgan fingerprint density at radius 3 is 2.33 bits per heavy atom. The van der Waals surface area contributed by atoms with E-state index >= 15 is 0 Å². The molecule has 0 rings (SSSR count).